The Labute approximate surface area is 111 Å². The summed E-state index contributed by atoms with van der Waals surface area (Å²) in [6.07, 6.45) is 0. The number of hydrazine groups is 1. The van der Waals surface area contributed by atoms with Crippen LogP contribution < -0.4 is 11.3 Å². The van der Waals surface area contributed by atoms with Crippen LogP contribution in [-0.2, 0) is 0 Å². The highest BCUT2D eigenvalue weighted by molar-refractivity contribution is 5.27. The minimum absolute atomic E-state index is 0.0218. The number of aryl methyl sites for hydroxylation is 1. The smallest absolute Gasteiger partial charge is 0.0638 e. The molecule has 1 atom stereocenters. The molecule has 0 fully saturated rings. The van der Waals surface area contributed by atoms with Crippen molar-refractivity contribution in [3.05, 3.63) is 35.4 Å². The maximum atomic E-state index is 5.81. The van der Waals surface area contributed by atoms with Crippen molar-refractivity contribution in [1.29, 1.82) is 0 Å². The summed E-state index contributed by atoms with van der Waals surface area (Å²) in [5.41, 5.74) is 5.48. The largest absolute Gasteiger partial charge is 0.297 e. The second-order valence-electron chi connectivity index (χ2n) is 5.34. The zero-order chi connectivity index (χ0) is 13.8. The van der Waals surface area contributed by atoms with E-state index in [1.54, 1.807) is 0 Å². The predicted octanol–water partition coefficient (Wildman–Crippen LogP) is 2.62. The average Bonchev–Trinajstić information content (AvgIpc) is 2.30. The first-order valence-corrected chi connectivity index (χ1v) is 6.75. The molecule has 0 saturated heterocycles. The van der Waals surface area contributed by atoms with Gasteiger partial charge in [0.15, 0.2) is 0 Å². The first-order chi connectivity index (χ1) is 8.47. The number of likely N-dealkylation sites (N-methyl/N-ethyl adjacent to an activating group) is 1. The molecule has 1 aromatic rings. The molecule has 0 aromatic heterocycles. The maximum Gasteiger partial charge on any atom is 0.0638 e. The SMILES string of the molecule is CCN(CC)C(C)(C)C(NN)c1cccc(C)c1. The van der Waals surface area contributed by atoms with Gasteiger partial charge in [0.05, 0.1) is 6.04 Å². The number of nitrogens with zero attached hydrogens (tertiary/aromatic N) is 1. The quantitative estimate of drug-likeness (QED) is 0.601. The van der Waals surface area contributed by atoms with E-state index in [9.17, 15) is 0 Å². The first-order valence-electron chi connectivity index (χ1n) is 6.75. The van der Waals surface area contributed by atoms with Crippen molar-refractivity contribution < 1.29 is 0 Å². The molecule has 0 aliphatic heterocycles. The molecule has 3 N–H and O–H groups in total. The van der Waals surface area contributed by atoms with Gasteiger partial charge in [-0.2, -0.15) is 0 Å². The van der Waals surface area contributed by atoms with E-state index in [2.05, 4.69) is 69.2 Å². The molecule has 0 saturated carbocycles. The van der Waals surface area contributed by atoms with Crippen LogP contribution in [0.3, 0.4) is 0 Å². The number of benzene rings is 1. The molecule has 0 heterocycles. The van der Waals surface area contributed by atoms with Crippen molar-refractivity contribution in [2.45, 2.75) is 46.2 Å². The van der Waals surface area contributed by atoms with E-state index in [1.807, 2.05) is 0 Å². The molecule has 102 valence electrons. The van der Waals surface area contributed by atoms with Crippen molar-refractivity contribution >= 4 is 0 Å². The van der Waals surface area contributed by atoms with E-state index in [0.29, 0.717) is 0 Å². The van der Waals surface area contributed by atoms with Crippen LogP contribution in [0.25, 0.3) is 0 Å². The van der Waals surface area contributed by atoms with Gasteiger partial charge in [0, 0.05) is 5.54 Å². The van der Waals surface area contributed by atoms with Crippen molar-refractivity contribution in [3.63, 3.8) is 0 Å². The fourth-order valence-electron chi connectivity index (χ4n) is 2.78. The van der Waals surface area contributed by atoms with Gasteiger partial charge in [-0.25, -0.2) is 0 Å². The van der Waals surface area contributed by atoms with Gasteiger partial charge < -0.3 is 0 Å². The zero-order valence-corrected chi connectivity index (χ0v) is 12.3. The summed E-state index contributed by atoms with van der Waals surface area (Å²) in [6, 6.07) is 8.67. The highest BCUT2D eigenvalue weighted by atomic mass is 15.3. The molecule has 0 amide bonds. The Hall–Kier alpha value is -0.900. The van der Waals surface area contributed by atoms with Crippen LogP contribution in [-0.4, -0.2) is 23.5 Å². The lowest BCUT2D eigenvalue weighted by molar-refractivity contribution is 0.0912. The van der Waals surface area contributed by atoms with E-state index < -0.39 is 0 Å². The third kappa shape index (κ3) is 3.10. The minimum atomic E-state index is -0.0218. The molecule has 3 heteroatoms. The third-order valence-electron chi connectivity index (χ3n) is 3.83. The molecule has 18 heavy (non-hydrogen) atoms. The van der Waals surface area contributed by atoms with E-state index >= 15 is 0 Å². The maximum absolute atomic E-state index is 5.81. The summed E-state index contributed by atoms with van der Waals surface area (Å²) in [4.78, 5) is 2.43. The van der Waals surface area contributed by atoms with E-state index in [0.717, 1.165) is 13.1 Å². The number of rotatable bonds is 6. The second kappa shape index (κ2) is 6.32. The molecule has 0 aliphatic carbocycles. The minimum Gasteiger partial charge on any atom is -0.297 e. The molecule has 3 nitrogen and oxygen atoms in total. The molecule has 1 unspecified atom stereocenters. The van der Waals surface area contributed by atoms with Gasteiger partial charge >= 0.3 is 0 Å². The van der Waals surface area contributed by atoms with Gasteiger partial charge in [-0.1, -0.05) is 43.7 Å². The summed E-state index contributed by atoms with van der Waals surface area (Å²) in [5.74, 6) is 5.81. The number of nitrogens with one attached hydrogen (secondary N) is 1. The highest BCUT2D eigenvalue weighted by Crippen LogP contribution is 2.30. The van der Waals surface area contributed by atoms with Crippen LogP contribution in [0.15, 0.2) is 24.3 Å². The monoisotopic (exact) mass is 249 g/mol. The molecule has 0 bridgehead atoms. The van der Waals surface area contributed by atoms with E-state index in [1.165, 1.54) is 11.1 Å². The van der Waals surface area contributed by atoms with Crippen molar-refractivity contribution in [1.82, 2.24) is 10.3 Å². The fraction of sp³-hybridized carbons (Fsp3) is 0.600. The Kier molecular flexibility index (Phi) is 5.32. The Morgan fingerprint density at radius 2 is 1.89 bits per heavy atom. The lowest BCUT2D eigenvalue weighted by atomic mass is 9.86. The summed E-state index contributed by atoms with van der Waals surface area (Å²) in [7, 11) is 0. The highest BCUT2D eigenvalue weighted by Gasteiger charge is 2.34. The number of hydrogen-bond acceptors (Lipinski definition) is 3. The van der Waals surface area contributed by atoms with Gasteiger partial charge in [-0.05, 0) is 39.4 Å². The van der Waals surface area contributed by atoms with Crippen LogP contribution in [0, 0.1) is 6.92 Å². The van der Waals surface area contributed by atoms with Crippen LogP contribution >= 0.6 is 0 Å². The van der Waals surface area contributed by atoms with E-state index in [-0.39, 0.29) is 11.6 Å². The molecule has 0 aliphatic rings. The van der Waals surface area contributed by atoms with Gasteiger partial charge in [0.25, 0.3) is 0 Å². The van der Waals surface area contributed by atoms with Gasteiger partial charge in [0.1, 0.15) is 0 Å². The lowest BCUT2D eigenvalue weighted by Crippen LogP contribution is -2.54. The third-order valence-corrected chi connectivity index (χ3v) is 3.83. The predicted molar refractivity (Wildman–Crippen MR) is 78.2 cm³/mol. The van der Waals surface area contributed by atoms with Gasteiger partial charge in [-0.15, -0.1) is 0 Å². The summed E-state index contributed by atoms with van der Waals surface area (Å²) in [6.45, 7) is 13.0. The Morgan fingerprint density at radius 1 is 1.28 bits per heavy atom. The van der Waals surface area contributed by atoms with Crippen LogP contribution in [0.2, 0.25) is 0 Å². The number of nitrogens with two attached hydrogens (primary N) is 1. The van der Waals surface area contributed by atoms with Crippen LogP contribution in [0.5, 0.6) is 0 Å². The lowest BCUT2D eigenvalue weighted by Gasteiger charge is -2.43. The second-order valence-corrected chi connectivity index (χ2v) is 5.34. The van der Waals surface area contributed by atoms with Crippen molar-refractivity contribution in [3.8, 4) is 0 Å². The summed E-state index contributed by atoms with van der Waals surface area (Å²) < 4.78 is 0. The number of hydrogen-bond donors (Lipinski definition) is 2. The molecule has 1 rings (SSSR count). The van der Waals surface area contributed by atoms with Crippen molar-refractivity contribution in [2.24, 2.45) is 5.84 Å². The molecule has 0 radical (unpaired) electrons. The van der Waals surface area contributed by atoms with Crippen LogP contribution in [0.4, 0.5) is 0 Å². The molecule has 0 spiro atoms. The van der Waals surface area contributed by atoms with Crippen molar-refractivity contribution in [2.75, 3.05) is 13.1 Å². The fourth-order valence-corrected chi connectivity index (χ4v) is 2.78. The Bertz CT molecular complexity index is 370. The molecule has 1 aromatic carbocycles. The van der Waals surface area contributed by atoms with Gasteiger partial charge in [-0.3, -0.25) is 16.2 Å². The Morgan fingerprint density at radius 3 is 2.33 bits per heavy atom. The molecular weight excluding hydrogens is 222 g/mol. The Balaban J connectivity index is 3.08. The zero-order valence-electron chi connectivity index (χ0n) is 12.3. The van der Waals surface area contributed by atoms with Crippen LogP contribution in [0.1, 0.15) is 44.9 Å². The normalized spacial score (nSPS) is 13.9. The standard InChI is InChI=1S/C15H27N3/c1-6-18(7-2)15(4,5)14(17-16)13-10-8-9-12(3)11-13/h8-11,14,17H,6-7,16H2,1-5H3. The van der Waals surface area contributed by atoms with Gasteiger partial charge in [0.2, 0.25) is 0 Å². The average molecular weight is 249 g/mol. The summed E-state index contributed by atoms with van der Waals surface area (Å²) >= 11 is 0. The summed E-state index contributed by atoms with van der Waals surface area (Å²) in [5, 5.41) is 0. The van der Waals surface area contributed by atoms with E-state index in [4.69, 9.17) is 5.84 Å². The topological polar surface area (TPSA) is 41.3 Å². The molecular formula is C15H27N3. The first kappa shape index (κ1) is 15.2.